The molecule has 0 aliphatic carbocycles. The molecule has 32 heavy (non-hydrogen) atoms. The van der Waals surface area contributed by atoms with E-state index in [9.17, 15) is 4.79 Å². The first-order valence-corrected chi connectivity index (χ1v) is 11.4. The van der Waals surface area contributed by atoms with Crippen LogP contribution < -0.4 is 4.74 Å². The number of rotatable bonds is 5. The molecule has 0 bridgehead atoms. The summed E-state index contributed by atoms with van der Waals surface area (Å²) >= 11 is 5.95. The van der Waals surface area contributed by atoms with Crippen molar-refractivity contribution in [2.45, 2.75) is 19.4 Å². The lowest BCUT2D eigenvalue weighted by molar-refractivity contribution is -0.0467. The normalized spacial score (nSPS) is 17.7. The molecule has 0 radical (unpaired) electrons. The van der Waals surface area contributed by atoms with E-state index in [4.69, 9.17) is 16.3 Å². The average Bonchev–Trinajstić information content (AvgIpc) is 2.80. The first-order valence-electron chi connectivity index (χ1n) is 11.0. The zero-order valence-corrected chi connectivity index (χ0v) is 18.7. The highest BCUT2D eigenvalue weighted by Gasteiger charge is 2.45. The standard InChI is InChI=1S/C26H26ClN3O2/c27-22-9-7-20(8-10-22)25(31)30-14-11-26(12-15-30)18-29(19-26)17-21-4-1-2-6-24(21)32-23-5-3-13-28-16-23/h1-10,13,16H,11-12,14-15,17-19H2. The van der Waals surface area contributed by atoms with Crippen molar-refractivity contribution in [3.8, 4) is 11.5 Å². The zero-order chi connectivity index (χ0) is 22.0. The van der Waals surface area contributed by atoms with Gasteiger partial charge in [0.2, 0.25) is 0 Å². The molecule has 5 rings (SSSR count). The molecule has 2 aromatic carbocycles. The van der Waals surface area contributed by atoms with E-state index in [1.165, 1.54) is 5.56 Å². The topological polar surface area (TPSA) is 45.7 Å². The van der Waals surface area contributed by atoms with Crippen molar-refractivity contribution in [3.63, 3.8) is 0 Å². The van der Waals surface area contributed by atoms with Crippen molar-refractivity contribution in [1.82, 2.24) is 14.8 Å². The van der Waals surface area contributed by atoms with Crippen LogP contribution in [0.4, 0.5) is 0 Å². The summed E-state index contributed by atoms with van der Waals surface area (Å²) in [4.78, 5) is 21.4. The number of para-hydroxylation sites is 1. The molecule has 2 fully saturated rings. The third-order valence-electron chi connectivity index (χ3n) is 6.55. The van der Waals surface area contributed by atoms with Crippen molar-refractivity contribution in [3.05, 3.63) is 89.2 Å². The van der Waals surface area contributed by atoms with Crippen LogP contribution in [0.15, 0.2) is 73.1 Å². The Kier molecular flexibility index (Phi) is 5.85. The van der Waals surface area contributed by atoms with Gasteiger partial charge >= 0.3 is 0 Å². The number of benzene rings is 2. The Bertz CT molecular complexity index is 1070. The lowest BCUT2D eigenvalue weighted by atomic mass is 9.71. The van der Waals surface area contributed by atoms with Crippen LogP contribution in [0.3, 0.4) is 0 Å². The number of hydrogen-bond donors (Lipinski definition) is 0. The number of ether oxygens (including phenoxy) is 1. The van der Waals surface area contributed by atoms with Crippen LogP contribution in [-0.4, -0.2) is 46.9 Å². The molecule has 1 spiro atoms. The fourth-order valence-corrected chi connectivity index (χ4v) is 4.92. The Hall–Kier alpha value is -2.89. The van der Waals surface area contributed by atoms with Crippen LogP contribution in [0.2, 0.25) is 5.02 Å². The summed E-state index contributed by atoms with van der Waals surface area (Å²) in [5.74, 6) is 1.73. The first kappa shape index (κ1) is 21.0. The Morgan fingerprint density at radius 3 is 2.47 bits per heavy atom. The van der Waals surface area contributed by atoms with Crippen molar-refractivity contribution in [1.29, 1.82) is 0 Å². The first-order chi connectivity index (χ1) is 15.6. The second-order valence-electron chi connectivity index (χ2n) is 8.84. The van der Waals surface area contributed by atoms with Gasteiger partial charge in [0.1, 0.15) is 11.5 Å². The van der Waals surface area contributed by atoms with Crippen LogP contribution in [-0.2, 0) is 6.54 Å². The van der Waals surface area contributed by atoms with E-state index < -0.39 is 0 Å². The number of carbonyl (C=O) groups excluding carboxylic acids is 1. The van der Waals surface area contributed by atoms with Crippen LogP contribution in [0.5, 0.6) is 11.5 Å². The minimum atomic E-state index is 0.106. The van der Waals surface area contributed by atoms with Crippen LogP contribution in [0, 0.1) is 5.41 Å². The van der Waals surface area contributed by atoms with Gasteiger partial charge in [0, 0.05) is 55.1 Å². The van der Waals surface area contributed by atoms with Gasteiger partial charge in [0.15, 0.2) is 0 Å². The van der Waals surface area contributed by atoms with Gasteiger partial charge < -0.3 is 9.64 Å². The molecule has 1 aromatic heterocycles. The Morgan fingerprint density at radius 2 is 1.75 bits per heavy atom. The van der Waals surface area contributed by atoms with Gasteiger partial charge in [-0.05, 0) is 60.7 Å². The maximum atomic E-state index is 12.8. The van der Waals surface area contributed by atoms with E-state index in [2.05, 4.69) is 22.0 Å². The van der Waals surface area contributed by atoms with E-state index in [-0.39, 0.29) is 5.91 Å². The highest BCUT2D eigenvalue weighted by Crippen LogP contribution is 2.42. The predicted molar refractivity (Wildman–Crippen MR) is 125 cm³/mol. The summed E-state index contributed by atoms with van der Waals surface area (Å²) < 4.78 is 6.06. The van der Waals surface area contributed by atoms with Crippen molar-refractivity contribution in [2.75, 3.05) is 26.2 Å². The average molecular weight is 448 g/mol. The molecule has 2 saturated heterocycles. The van der Waals surface area contributed by atoms with E-state index >= 15 is 0 Å². The van der Waals surface area contributed by atoms with Gasteiger partial charge in [-0.2, -0.15) is 0 Å². The summed E-state index contributed by atoms with van der Waals surface area (Å²) in [6.07, 6.45) is 5.58. The second-order valence-corrected chi connectivity index (χ2v) is 9.28. The molecular formula is C26H26ClN3O2. The van der Waals surface area contributed by atoms with Crippen molar-refractivity contribution >= 4 is 17.5 Å². The summed E-state index contributed by atoms with van der Waals surface area (Å²) in [6, 6.07) is 19.2. The summed E-state index contributed by atoms with van der Waals surface area (Å²) in [7, 11) is 0. The molecule has 2 aliphatic rings. The molecule has 0 N–H and O–H groups in total. The fraction of sp³-hybridized carbons (Fsp3) is 0.308. The zero-order valence-electron chi connectivity index (χ0n) is 17.9. The van der Waals surface area contributed by atoms with E-state index in [1.54, 1.807) is 24.5 Å². The van der Waals surface area contributed by atoms with Gasteiger partial charge in [-0.1, -0.05) is 29.8 Å². The third-order valence-corrected chi connectivity index (χ3v) is 6.80. The maximum absolute atomic E-state index is 12.8. The number of piperidine rings is 1. The number of hydrogen-bond acceptors (Lipinski definition) is 4. The van der Waals surface area contributed by atoms with Gasteiger partial charge in [0.25, 0.3) is 5.91 Å². The molecule has 5 nitrogen and oxygen atoms in total. The largest absolute Gasteiger partial charge is 0.455 e. The number of nitrogens with zero attached hydrogens (tertiary/aromatic N) is 3. The third kappa shape index (κ3) is 4.50. The second kappa shape index (κ2) is 8.93. The highest BCUT2D eigenvalue weighted by molar-refractivity contribution is 6.30. The van der Waals surface area contributed by atoms with E-state index in [0.29, 0.717) is 16.0 Å². The molecule has 3 aromatic rings. The Morgan fingerprint density at radius 1 is 1.00 bits per heavy atom. The van der Waals surface area contributed by atoms with Crippen molar-refractivity contribution < 1.29 is 9.53 Å². The van der Waals surface area contributed by atoms with Gasteiger partial charge in [-0.3, -0.25) is 14.7 Å². The molecule has 1 amide bonds. The number of aromatic nitrogens is 1. The van der Waals surface area contributed by atoms with Gasteiger partial charge in [-0.25, -0.2) is 0 Å². The predicted octanol–water partition coefficient (Wildman–Crippen LogP) is 5.27. The smallest absolute Gasteiger partial charge is 0.253 e. The van der Waals surface area contributed by atoms with Crippen molar-refractivity contribution in [2.24, 2.45) is 5.41 Å². The number of amides is 1. The number of carbonyl (C=O) groups is 1. The number of likely N-dealkylation sites (tertiary alicyclic amines) is 2. The molecular weight excluding hydrogens is 422 g/mol. The maximum Gasteiger partial charge on any atom is 0.253 e. The summed E-state index contributed by atoms with van der Waals surface area (Å²) in [6.45, 7) is 4.63. The molecule has 0 unspecified atom stereocenters. The van der Waals surface area contributed by atoms with E-state index in [0.717, 1.165) is 57.1 Å². The minimum Gasteiger partial charge on any atom is -0.455 e. The molecule has 3 heterocycles. The van der Waals surface area contributed by atoms with E-state index in [1.807, 2.05) is 41.3 Å². The molecule has 6 heteroatoms. The van der Waals surface area contributed by atoms with Gasteiger partial charge in [-0.15, -0.1) is 0 Å². The minimum absolute atomic E-state index is 0.106. The summed E-state index contributed by atoms with van der Waals surface area (Å²) in [5, 5.41) is 0.654. The SMILES string of the molecule is O=C(c1ccc(Cl)cc1)N1CCC2(CC1)CN(Cc1ccccc1Oc1cccnc1)C2. The van der Waals surface area contributed by atoms with Crippen LogP contribution in [0.25, 0.3) is 0 Å². The monoisotopic (exact) mass is 447 g/mol. The van der Waals surface area contributed by atoms with Gasteiger partial charge in [0.05, 0.1) is 6.20 Å². The molecule has 0 saturated carbocycles. The molecule has 2 aliphatic heterocycles. The highest BCUT2D eigenvalue weighted by atomic mass is 35.5. The number of halogens is 1. The molecule has 0 atom stereocenters. The van der Waals surface area contributed by atoms with Crippen LogP contribution in [0.1, 0.15) is 28.8 Å². The Labute approximate surface area is 193 Å². The quantitative estimate of drug-likeness (QED) is 0.534. The lowest BCUT2D eigenvalue weighted by Crippen LogP contribution is -2.60. The van der Waals surface area contributed by atoms with Crippen LogP contribution >= 0.6 is 11.6 Å². The lowest BCUT2D eigenvalue weighted by Gasteiger charge is -2.54. The summed E-state index contributed by atoms with van der Waals surface area (Å²) in [5.41, 5.74) is 2.23. The fourth-order valence-electron chi connectivity index (χ4n) is 4.80. The number of pyridine rings is 1. The molecule has 164 valence electrons. The Balaban J connectivity index is 1.15.